The SMILES string of the molecule is F.F.N=C(NCCCCCCNC(=N)NC(=N)Nc1ccc(Cl)cc1)NC(=N)Nc1ccc(Cl)cc1. The lowest BCUT2D eigenvalue weighted by Gasteiger charge is -2.13. The lowest BCUT2D eigenvalue weighted by molar-refractivity contribution is 0.619. The van der Waals surface area contributed by atoms with Gasteiger partial charge in [-0.15, -0.1) is 0 Å². The predicted molar refractivity (Wildman–Crippen MR) is 147 cm³/mol. The van der Waals surface area contributed by atoms with Gasteiger partial charge in [0.15, 0.2) is 23.8 Å². The molecule has 198 valence electrons. The molecular weight excluding hydrogens is 513 g/mol. The van der Waals surface area contributed by atoms with Crippen molar-refractivity contribution in [1.82, 2.24) is 21.3 Å². The van der Waals surface area contributed by atoms with E-state index >= 15 is 0 Å². The van der Waals surface area contributed by atoms with Crippen molar-refractivity contribution in [2.45, 2.75) is 25.7 Å². The molecule has 14 heteroatoms. The van der Waals surface area contributed by atoms with Gasteiger partial charge in [-0.1, -0.05) is 36.0 Å². The number of unbranched alkanes of at least 4 members (excludes halogenated alkanes) is 3. The third kappa shape index (κ3) is 13.9. The Hall–Kier alpha value is -3.64. The summed E-state index contributed by atoms with van der Waals surface area (Å²) in [6.07, 6.45) is 3.70. The van der Waals surface area contributed by atoms with Gasteiger partial charge in [0.05, 0.1) is 0 Å². The van der Waals surface area contributed by atoms with Crippen LogP contribution in [0.15, 0.2) is 48.5 Å². The highest BCUT2D eigenvalue weighted by Gasteiger charge is 2.03. The summed E-state index contributed by atoms with van der Waals surface area (Å²) in [5, 5.41) is 49.5. The van der Waals surface area contributed by atoms with Gasteiger partial charge in [-0.2, -0.15) is 0 Å². The molecule has 0 atom stereocenters. The molecule has 0 spiro atoms. The summed E-state index contributed by atoms with van der Waals surface area (Å²) in [4.78, 5) is 0. The van der Waals surface area contributed by atoms with Gasteiger partial charge in [-0.25, -0.2) is 0 Å². The minimum absolute atomic E-state index is 0. The van der Waals surface area contributed by atoms with E-state index in [0.717, 1.165) is 25.7 Å². The highest BCUT2D eigenvalue weighted by Crippen LogP contribution is 2.13. The quantitative estimate of drug-likeness (QED) is 0.127. The molecule has 10 nitrogen and oxygen atoms in total. The van der Waals surface area contributed by atoms with Gasteiger partial charge in [-0.05, 0) is 61.4 Å². The average molecular weight is 545 g/mol. The van der Waals surface area contributed by atoms with E-state index in [1.165, 1.54) is 0 Å². The van der Waals surface area contributed by atoms with Gasteiger partial charge < -0.3 is 21.3 Å². The highest BCUT2D eigenvalue weighted by atomic mass is 35.5. The summed E-state index contributed by atoms with van der Waals surface area (Å²) in [6, 6.07) is 13.9. The van der Waals surface area contributed by atoms with Gasteiger partial charge >= 0.3 is 0 Å². The first kappa shape index (κ1) is 32.4. The van der Waals surface area contributed by atoms with Crippen LogP contribution in [0.4, 0.5) is 20.8 Å². The first-order valence-corrected chi connectivity index (χ1v) is 11.5. The summed E-state index contributed by atoms with van der Waals surface area (Å²) in [5.41, 5.74) is 1.42. The van der Waals surface area contributed by atoms with E-state index in [2.05, 4.69) is 31.9 Å². The van der Waals surface area contributed by atoms with Crippen molar-refractivity contribution in [3.63, 3.8) is 0 Å². The molecule has 0 amide bonds. The van der Waals surface area contributed by atoms with Crippen molar-refractivity contribution < 1.29 is 9.41 Å². The van der Waals surface area contributed by atoms with Crippen molar-refractivity contribution >= 4 is 58.4 Å². The number of nitrogens with one attached hydrogen (secondary N) is 10. The maximum absolute atomic E-state index is 7.86. The number of benzene rings is 2. The number of anilines is 2. The Morgan fingerprint density at radius 2 is 0.861 bits per heavy atom. The molecule has 0 fully saturated rings. The molecule has 0 saturated heterocycles. The fraction of sp³-hybridized carbons (Fsp3) is 0.273. The van der Waals surface area contributed by atoms with Crippen LogP contribution < -0.4 is 31.9 Å². The topological polar surface area (TPSA) is 168 Å². The Morgan fingerprint density at radius 1 is 0.528 bits per heavy atom. The van der Waals surface area contributed by atoms with Crippen LogP contribution in [-0.4, -0.2) is 36.9 Å². The standard InChI is InChI=1S/C22H30Cl2N10.2FH/c23-15-5-9-17(10-6-15)31-21(27)33-19(25)29-13-3-1-2-4-14-30-20(26)34-22(28)32-18-11-7-16(24)8-12-18;;/h5-12H,1-4,13-14H2,(H5,25,27,29,31,33)(H5,26,28,30,32,34);2*1H. The fourth-order valence-electron chi connectivity index (χ4n) is 2.79. The fourth-order valence-corrected chi connectivity index (χ4v) is 3.04. The zero-order chi connectivity index (χ0) is 24.8. The molecule has 10 N–H and O–H groups in total. The van der Waals surface area contributed by atoms with E-state index in [9.17, 15) is 0 Å². The largest absolute Gasteiger partial charge is 0.356 e. The van der Waals surface area contributed by atoms with Gasteiger partial charge in [0.25, 0.3) is 0 Å². The van der Waals surface area contributed by atoms with Crippen molar-refractivity contribution in [2.24, 2.45) is 0 Å². The molecule has 0 bridgehead atoms. The molecule has 0 heterocycles. The van der Waals surface area contributed by atoms with Gasteiger partial charge in [0.2, 0.25) is 0 Å². The maximum Gasteiger partial charge on any atom is 0.199 e. The highest BCUT2D eigenvalue weighted by molar-refractivity contribution is 6.31. The summed E-state index contributed by atoms with van der Waals surface area (Å²) in [7, 11) is 0. The van der Waals surface area contributed by atoms with Crippen LogP contribution >= 0.6 is 23.2 Å². The summed E-state index contributed by atoms with van der Waals surface area (Å²) in [6.45, 7) is 1.25. The summed E-state index contributed by atoms with van der Waals surface area (Å²) in [5.74, 6) is 0.112. The van der Waals surface area contributed by atoms with Crippen molar-refractivity contribution in [3.8, 4) is 0 Å². The number of halogens is 4. The van der Waals surface area contributed by atoms with Crippen LogP contribution in [0.25, 0.3) is 0 Å². The van der Waals surface area contributed by atoms with Crippen molar-refractivity contribution in [1.29, 1.82) is 21.6 Å². The maximum atomic E-state index is 7.86. The number of hydrogen-bond acceptors (Lipinski definition) is 4. The Morgan fingerprint density at radius 3 is 1.19 bits per heavy atom. The van der Waals surface area contributed by atoms with Crippen LogP contribution in [0.1, 0.15) is 25.7 Å². The first-order valence-electron chi connectivity index (χ1n) is 10.7. The van der Waals surface area contributed by atoms with Crippen LogP contribution in [0, 0.1) is 21.6 Å². The van der Waals surface area contributed by atoms with E-state index in [1.807, 2.05) is 0 Å². The van der Waals surface area contributed by atoms with E-state index in [-0.39, 0.29) is 33.2 Å². The molecule has 0 unspecified atom stereocenters. The second-order valence-corrected chi connectivity index (χ2v) is 8.15. The normalized spacial score (nSPS) is 9.50. The Kier molecular flexibility index (Phi) is 16.0. The molecule has 0 saturated carbocycles. The van der Waals surface area contributed by atoms with Gasteiger partial charge in [-0.3, -0.25) is 41.7 Å². The Bertz CT molecular complexity index is 892. The lowest BCUT2D eigenvalue weighted by atomic mass is 10.2. The minimum atomic E-state index is -0.00148. The van der Waals surface area contributed by atoms with Crippen LogP contribution in [0.2, 0.25) is 10.0 Å². The second kappa shape index (κ2) is 17.7. The molecular formula is C22H32Cl2F2N10. The molecule has 0 aliphatic rings. The van der Waals surface area contributed by atoms with E-state index in [4.69, 9.17) is 44.8 Å². The molecule has 0 aromatic heterocycles. The molecule has 2 rings (SSSR count). The summed E-state index contributed by atoms with van der Waals surface area (Å²) < 4.78 is 0. The zero-order valence-electron chi connectivity index (χ0n) is 19.4. The predicted octanol–water partition coefficient (Wildman–Crippen LogP) is 4.48. The molecule has 2 aromatic carbocycles. The third-order valence-corrected chi connectivity index (χ3v) is 4.94. The van der Waals surface area contributed by atoms with Crippen LogP contribution in [0.3, 0.4) is 0 Å². The minimum Gasteiger partial charge on any atom is -0.356 e. The average Bonchev–Trinajstić information content (AvgIpc) is 2.78. The number of guanidine groups is 4. The lowest BCUT2D eigenvalue weighted by Crippen LogP contribution is -2.43. The molecule has 0 aliphatic heterocycles. The summed E-state index contributed by atoms with van der Waals surface area (Å²) >= 11 is 11.7. The van der Waals surface area contributed by atoms with Crippen LogP contribution in [-0.2, 0) is 0 Å². The van der Waals surface area contributed by atoms with Crippen LogP contribution in [0.5, 0.6) is 0 Å². The first-order chi connectivity index (χ1) is 16.3. The molecule has 0 radical (unpaired) electrons. The van der Waals surface area contributed by atoms with Gasteiger partial charge in [0, 0.05) is 34.5 Å². The zero-order valence-corrected chi connectivity index (χ0v) is 20.9. The second-order valence-electron chi connectivity index (χ2n) is 7.28. The van der Waals surface area contributed by atoms with E-state index in [1.54, 1.807) is 48.5 Å². The van der Waals surface area contributed by atoms with Crippen molar-refractivity contribution in [2.75, 3.05) is 23.7 Å². The van der Waals surface area contributed by atoms with Gasteiger partial charge in [0.1, 0.15) is 0 Å². The molecule has 0 aliphatic carbocycles. The van der Waals surface area contributed by atoms with E-state index in [0.29, 0.717) is 34.5 Å². The Balaban J connectivity index is 0.00000612. The van der Waals surface area contributed by atoms with E-state index < -0.39 is 0 Å². The molecule has 36 heavy (non-hydrogen) atoms. The number of rotatable bonds is 9. The third-order valence-electron chi connectivity index (χ3n) is 4.43. The van der Waals surface area contributed by atoms with Crippen molar-refractivity contribution in [3.05, 3.63) is 58.6 Å². The smallest absolute Gasteiger partial charge is 0.199 e. The Labute approximate surface area is 218 Å². The number of hydrogen-bond donors (Lipinski definition) is 10. The monoisotopic (exact) mass is 544 g/mol. The molecule has 2 aromatic rings.